The SMILES string of the molecule is N#Cc1c(C(=O)O)oc(C(=O)O)c1C#N. The Hall–Kier alpha value is -2.80. The number of hydrogen-bond acceptors (Lipinski definition) is 5. The van der Waals surface area contributed by atoms with Crippen molar-refractivity contribution in [2.75, 3.05) is 0 Å². The minimum absolute atomic E-state index is 0.581. The molecule has 15 heavy (non-hydrogen) atoms. The third-order valence-electron chi connectivity index (χ3n) is 1.52. The van der Waals surface area contributed by atoms with Gasteiger partial charge in [-0.15, -0.1) is 0 Å². The molecule has 0 aromatic carbocycles. The Kier molecular flexibility index (Phi) is 2.41. The lowest BCUT2D eigenvalue weighted by Crippen LogP contribution is -1.96. The van der Waals surface area contributed by atoms with Gasteiger partial charge in [0.1, 0.15) is 23.3 Å². The van der Waals surface area contributed by atoms with Crippen molar-refractivity contribution in [3.05, 3.63) is 22.6 Å². The van der Waals surface area contributed by atoms with Crippen LogP contribution in [0, 0.1) is 22.7 Å². The maximum Gasteiger partial charge on any atom is 0.373 e. The van der Waals surface area contributed by atoms with Gasteiger partial charge in [-0.05, 0) is 0 Å². The van der Waals surface area contributed by atoms with Gasteiger partial charge in [0.15, 0.2) is 0 Å². The zero-order valence-electron chi connectivity index (χ0n) is 7.01. The van der Waals surface area contributed by atoms with E-state index in [4.69, 9.17) is 20.7 Å². The molecule has 1 rings (SSSR count). The summed E-state index contributed by atoms with van der Waals surface area (Å²) < 4.78 is 4.41. The molecule has 0 saturated heterocycles. The first-order valence-electron chi connectivity index (χ1n) is 3.46. The Morgan fingerprint density at radius 3 is 1.53 bits per heavy atom. The van der Waals surface area contributed by atoms with Crippen molar-refractivity contribution in [2.24, 2.45) is 0 Å². The van der Waals surface area contributed by atoms with Crippen LogP contribution < -0.4 is 0 Å². The average molecular weight is 206 g/mol. The maximum atomic E-state index is 10.5. The van der Waals surface area contributed by atoms with E-state index < -0.39 is 34.6 Å². The topological polar surface area (TPSA) is 135 Å². The number of nitrogens with zero attached hydrogens (tertiary/aromatic N) is 2. The van der Waals surface area contributed by atoms with Crippen LogP contribution in [0.1, 0.15) is 32.2 Å². The van der Waals surface area contributed by atoms with Gasteiger partial charge in [-0.25, -0.2) is 9.59 Å². The van der Waals surface area contributed by atoms with Gasteiger partial charge in [-0.3, -0.25) is 0 Å². The van der Waals surface area contributed by atoms with Crippen molar-refractivity contribution in [3.63, 3.8) is 0 Å². The molecule has 0 unspecified atom stereocenters. The molecule has 7 heteroatoms. The molecule has 7 nitrogen and oxygen atoms in total. The second-order valence-electron chi connectivity index (χ2n) is 2.34. The Balaban J connectivity index is 3.62. The Bertz CT molecular complexity index is 482. The van der Waals surface area contributed by atoms with Gasteiger partial charge >= 0.3 is 11.9 Å². The van der Waals surface area contributed by atoms with Gasteiger partial charge in [-0.2, -0.15) is 10.5 Å². The number of nitriles is 2. The second-order valence-corrected chi connectivity index (χ2v) is 2.34. The third kappa shape index (κ3) is 1.49. The van der Waals surface area contributed by atoms with Gasteiger partial charge in [0.05, 0.1) is 0 Å². The molecule has 1 aromatic rings. The van der Waals surface area contributed by atoms with Crippen LogP contribution in [-0.4, -0.2) is 22.2 Å². The smallest absolute Gasteiger partial charge is 0.373 e. The number of carboxylic acid groups (broad SMARTS) is 2. The molecule has 1 heterocycles. The highest BCUT2D eigenvalue weighted by Gasteiger charge is 2.28. The van der Waals surface area contributed by atoms with E-state index >= 15 is 0 Å². The second kappa shape index (κ2) is 3.52. The first kappa shape index (κ1) is 10.3. The van der Waals surface area contributed by atoms with Crippen LogP contribution in [0.2, 0.25) is 0 Å². The zero-order chi connectivity index (χ0) is 11.6. The van der Waals surface area contributed by atoms with Crippen molar-refractivity contribution in [1.82, 2.24) is 0 Å². The Labute approximate surface area is 82.4 Å². The molecule has 0 fully saturated rings. The van der Waals surface area contributed by atoms with Gasteiger partial charge in [0.2, 0.25) is 11.5 Å². The average Bonchev–Trinajstić information content (AvgIpc) is 2.55. The molecule has 0 aliphatic rings. The number of aromatic carboxylic acids is 2. The lowest BCUT2D eigenvalue weighted by molar-refractivity contribution is 0.0631. The molecule has 0 spiro atoms. The Morgan fingerprint density at radius 2 is 1.33 bits per heavy atom. The van der Waals surface area contributed by atoms with E-state index in [0.29, 0.717) is 0 Å². The monoisotopic (exact) mass is 206 g/mol. The summed E-state index contributed by atoms with van der Waals surface area (Å²) in [6, 6.07) is 2.82. The van der Waals surface area contributed by atoms with Gasteiger partial charge in [0, 0.05) is 0 Å². The van der Waals surface area contributed by atoms with Crippen LogP contribution >= 0.6 is 0 Å². The number of carbonyl (C=O) groups is 2. The zero-order valence-corrected chi connectivity index (χ0v) is 7.01. The first-order valence-corrected chi connectivity index (χ1v) is 3.46. The van der Waals surface area contributed by atoms with Crippen molar-refractivity contribution in [2.45, 2.75) is 0 Å². The molecule has 0 aliphatic heterocycles. The van der Waals surface area contributed by atoms with Crippen molar-refractivity contribution >= 4 is 11.9 Å². The number of carboxylic acids is 2. The van der Waals surface area contributed by atoms with E-state index in [1.165, 1.54) is 12.1 Å². The summed E-state index contributed by atoms with van der Waals surface area (Å²) in [4.78, 5) is 21.1. The predicted octanol–water partition coefficient (Wildman–Crippen LogP) is 0.419. The minimum atomic E-state index is -1.60. The quantitative estimate of drug-likeness (QED) is 0.715. The molecule has 74 valence electrons. The summed E-state index contributed by atoms with van der Waals surface area (Å²) in [5.74, 6) is -4.89. The fourth-order valence-corrected chi connectivity index (χ4v) is 0.946. The lowest BCUT2D eigenvalue weighted by atomic mass is 10.1. The standard InChI is InChI=1S/C8H2N2O5/c9-1-3-4(2-10)6(8(13)14)15-5(3)7(11)12/h(H,11,12)(H,13,14). The molecule has 0 amide bonds. The van der Waals surface area contributed by atoms with E-state index in [2.05, 4.69) is 4.42 Å². The molecule has 0 radical (unpaired) electrons. The minimum Gasteiger partial charge on any atom is -0.475 e. The van der Waals surface area contributed by atoms with Gasteiger partial charge < -0.3 is 14.6 Å². The van der Waals surface area contributed by atoms with E-state index in [0.717, 1.165) is 0 Å². The summed E-state index contributed by atoms with van der Waals surface area (Å²) in [5.41, 5.74) is -1.16. The van der Waals surface area contributed by atoms with E-state index in [1.807, 2.05) is 0 Å². The molecular formula is C8H2N2O5. The normalized spacial score (nSPS) is 8.93. The Morgan fingerprint density at radius 1 is 1.00 bits per heavy atom. The molecule has 0 atom stereocenters. The van der Waals surface area contributed by atoms with Crippen LogP contribution in [0.15, 0.2) is 4.42 Å². The maximum absolute atomic E-state index is 10.5. The molecule has 0 bridgehead atoms. The predicted molar refractivity (Wildman–Crippen MR) is 42.1 cm³/mol. The molecule has 0 saturated carbocycles. The van der Waals surface area contributed by atoms with Gasteiger partial charge in [0.25, 0.3) is 0 Å². The first-order chi connectivity index (χ1) is 7.02. The molecule has 1 aromatic heterocycles. The van der Waals surface area contributed by atoms with Crippen molar-refractivity contribution < 1.29 is 24.2 Å². The number of rotatable bonds is 2. The summed E-state index contributed by atoms with van der Waals surface area (Å²) in [5, 5.41) is 34.2. The third-order valence-corrected chi connectivity index (χ3v) is 1.52. The van der Waals surface area contributed by atoms with Crippen LogP contribution in [0.3, 0.4) is 0 Å². The van der Waals surface area contributed by atoms with Crippen LogP contribution in [0.25, 0.3) is 0 Å². The highest BCUT2D eigenvalue weighted by atomic mass is 16.4. The highest BCUT2D eigenvalue weighted by molar-refractivity contribution is 5.94. The summed E-state index contributed by atoms with van der Waals surface area (Å²) in [6.07, 6.45) is 0. The highest BCUT2D eigenvalue weighted by Crippen LogP contribution is 2.21. The fraction of sp³-hybridized carbons (Fsp3) is 0. The van der Waals surface area contributed by atoms with Crippen LogP contribution in [0.5, 0.6) is 0 Å². The number of hydrogen-bond donors (Lipinski definition) is 2. The fourth-order valence-electron chi connectivity index (χ4n) is 0.946. The van der Waals surface area contributed by atoms with Gasteiger partial charge in [-0.1, -0.05) is 0 Å². The molecular weight excluding hydrogens is 204 g/mol. The largest absolute Gasteiger partial charge is 0.475 e. The van der Waals surface area contributed by atoms with E-state index in [9.17, 15) is 9.59 Å². The van der Waals surface area contributed by atoms with Crippen molar-refractivity contribution in [3.8, 4) is 12.1 Å². The van der Waals surface area contributed by atoms with Crippen LogP contribution in [0.4, 0.5) is 0 Å². The van der Waals surface area contributed by atoms with Crippen LogP contribution in [-0.2, 0) is 0 Å². The molecule has 2 N–H and O–H groups in total. The summed E-state index contributed by atoms with van der Waals surface area (Å²) in [7, 11) is 0. The summed E-state index contributed by atoms with van der Waals surface area (Å²) in [6.45, 7) is 0. The number of furan rings is 1. The van der Waals surface area contributed by atoms with Crippen molar-refractivity contribution in [1.29, 1.82) is 10.5 Å². The molecule has 0 aliphatic carbocycles. The summed E-state index contributed by atoms with van der Waals surface area (Å²) >= 11 is 0. The lowest BCUT2D eigenvalue weighted by Gasteiger charge is -1.85. The van der Waals surface area contributed by atoms with E-state index in [-0.39, 0.29) is 0 Å². The van der Waals surface area contributed by atoms with E-state index in [1.54, 1.807) is 0 Å².